The number of sulfone groups is 1. The number of rotatable bonds is 3. The average molecular weight is 311 g/mol. The van der Waals surface area contributed by atoms with Crippen LogP contribution in [0.2, 0.25) is 0 Å². The Kier molecular flexibility index (Phi) is 4.48. The Morgan fingerprint density at radius 1 is 1.00 bits per heavy atom. The Morgan fingerprint density at radius 3 is 2.18 bits per heavy atom. The van der Waals surface area contributed by atoms with Crippen molar-refractivity contribution in [3.8, 4) is 6.07 Å². The molecule has 4 heteroatoms. The fraction of sp³-hybridized carbons (Fsp3) is 0.167. The van der Waals surface area contributed by atoms with Crippen LogP contribution in [0, 0.1) is 32.1 Å². The normalized spacial score (nSPS) is 12.0. The van der Waals surface area contributed by atoms with Gasteiger partial charge in [0, 0.05) is 0 Å². The Hall–Kier alpha value is -2.38. The first-order valence-corrected chi connectivity index (χ1v) is 8.34. The van der Waals surface area contributed by atoms with Gasteiger partial charge in [-0.15, -0.1) is 0 Å². The average Bonchev–Trinajstić information content (AvgIpc) is 2.48. The van der Waals surface area contributed by atoms with Gasteiger partial charge in [0.05, 0.1) is 4.90 Å². The van der Waals surface area contributed by atoms with Gasteiger partial charge in [-0.1, -0.05) is 41.5 Å². The molecule has 0 radical (unpaired) electrons. The monoisotopic (exact) mass is 311 g/mol. The second-order valence-corrected chi connectivity index (χ2v) is 7.22. The lowest BCUT2D eigenvalue weighted by Crippen LogP contribution is -2.03. The molecule has 0 unspecified atom stereocenters. The number of hydrogen-bond donors (Lipinski definition) is 0. The molecule has 0 aliphatic carbocycles. The lowest BCUT2D eigenvalue weighted by atomic mass is 10.1. The minimum absolute atomic E-state index is 0.135. The van der Waals surface area contributed by atoms with Gasteiger partial charge in [-0.3, -0.25) is 0 Å². The number of aryl methyl sites for hydroxylation is 3. The Bertz CT molecular complexity index is 870. The molecule has 0 bridgehead atoms. The van der Waals surface area contributed by atoms with E-state index in [0.717, 1.165) is 22.3 Å². The number of hydrogen-bond acceptors (Lipinski definition) is 3. The molecule has 112 valence electrons. The van der Waals surface area contributed by atoms with Crippen LogP contribution in [0.25, 0.3) is 6.08 Å². The summed E-state index contributed by atoms with van der Waals surface area (Å²) in [6.07, 6.45) is 1.44. The molecule has 0 atom stereocenters. The van der Waals surface area contributed by atoms with Gasteiger partial charge in [0.1, 0.15) is 11.0 Å². The van der Waals surface area contributed by atoms with E-state index in [9.17, 15) is 13.7 Å². The number of nitrogens with zero attached hydrogens (tertiary/aromatic N) is 1. The Labute approximate surface area is 131 Å². The highest BCUT2D eigenvalue weighted by atomic mass is 32.2. The summed E-state index contributed by atoms with van der Waals surface area (Å²) in [5, 5.41) is 9.30. The maximum Gasteiger partial charge on any atom is 0.216 e. The summed E-state index contributed by atoms with van der Waals surface area (Å²) in [5.74, 6) is 0. The molecule has 0 N–H and O–H groups in total. The standard InChI is InChI=1S/C18H17NO2S/c1-13-5-8-17(9-6-13)22(20,21)18(12-19)11-16-10-14(2)4-7-15(16)3/h4-11H,1-3H3. The van der Waals surface area contributed by atoms with Crippen molar-refractivity contribution in [3.63, 3.8) is 0 Å². The van der Waals surface area contributed by atoms with E-state index in [1.54, 1.807) is 12.1 Å². The van der Waals surface area contributed by atoms with Crippen molar-refractivity contribution in [2.45, 2.75) is 25.7 Å². The smallest absolute Gasteiger partial charge is 0.216 e. The first-order chi connectivity index (χ1) is 10.3. The second kappa shape index (κ2) is 6.17. The van der Waals surface area contributed by atoms with Crippen LogP contribution in [0.15, 0.2) is 52.3 Å². The molecule has 3 nitrogen and oxygen atoms in total. The minimum atomic E-state index is -3.80. The van der Waals surface area contributed by atoms with Crippen molar-refractivity contribution in [2.75, 3.05) is 0 Å². The predicted octanol–water partition coefficient (Wildman–Crippen LogP) is 3.95. The van der Waals surface area contributed by atoms with Gasteiger partial charge in [0.15, 0.2) is 0 Å². The molecule has 0 amide bonds. The van der Waals surface area contributed by atoms with E-state index in [1.807, 2.05) is 45.0 Å². The van der Waals surface area contributed by atoms with Gasteiger partial charge >= 0.3 is 0 Å². The summed E-state index contributed by atoms with van der Waals surface area (Å²) in [5.41, 5.74) is 3.66. The van der Waals surface area contributed by atoms with E-state index >= 15 is 0 Å². The van der Waals surface area contributed by atoms with E-state index < -0.39 is 9.84 Å². The molecule has 22 heavy (non-hydrogen) atoms. The van der Waals surface area contributed by atoms with Crippen LogP contribution in [0.5, 0.6) is 0 Å². The molecule has 0 fully saturated rings. The third kappa shape index (κ3) is 3.26. The van der Waals surface area contributed by atoms with Crippen molar-refractivity contribution in [2.24, 2.45) is 0 Å². The zero-order valence-electron chi connectivity index (χ0n) is 12.8. The summed E-state index contributed by atoms with van der Waals surface area (Å²) in [7, 11) is -3.80. The summed E-state index contributed by atoms with van der Waals surface area (Å²) in [6.45, 7) is 5.70. The molecule has 0 aromatic heterocycles. The molecule has 2 rings (SSSR count). The van der Waals surface area contributed by atoms with Gasteiger partial charge in [-0.05, 0) is 50.1 Å². The van der Waals surface area contributed by atoms with Crippen LogP contribution < -0.4 is 0 Å². The van der Waals surface area contributed by atoms with E-state index in [4.69, 9.17) is 0 Å². The van der Waals surface area contributed by atoms with Crippen molar-refractivity contribution in [1.29, 1.82) is 5.26 Å². The fourth-order valence-electron chi connectivity index (χ4n) is 2.07. The molecule has 0 saturated heterocycles. The zero-order chi connectivity index (χ0) is 16.3. The molecule has 0 heterocycles. The zero-order valence-corrected chi connectivity index (χ0v) is 13.6. The summed E-state index contributed by atoms with van der Waals surface area (Å²) < 4.78 is 25.2. The van der Waals surface area contributed by atoms with Crippen LogP contribution in [0.4, 0.5) is 0 Å². The van der Waals surface area contributed by atoms with Gasteiger partial charge < -0.3 is 0 Å². The molecule has 0 saturated carbocycles. The van der Waals surface area contributed by atoms with Crippen LogP contribution >= 0.6 is 0 Å². The summed E-state index contributed by atoms with van der Waals surface area (Å²) in [6, 6.07) is 14.1. The Balaban J connectivity index is 2.56. The van der Waals surface area contributed by atoms with E-state index in [-0.39, 0.29) is 9.80 Å². The third-order valence-corrected chi connectivity index (χ3v) is 5.13. The molecular weight excluding hydrogens is 294 g/mol. The maximum atomic E-state index is 12.6. The highest BCUT2D eigenvalue weighted by Gasteiger charge is 2.20. The van der Waals surface area contributed by atoms with E-state index in [0.29, 0.717) is 0 Å². The SMILES string of the molecule is Cc1ccc(S(=O)(=O)C(C#N)=Cc2cc(C)ccc2C)cc1. The van der Waals surface area contributed by atoms with Crippen molar-refractivity contribution < 1.29 is 8.42 Å². The van der Waals surface area contributed by atoms with Crippen molar-refractivity contribution in [1.82, 2.24) is 0 Å². The summed E-state index contributed by atoms with van der Waals surface area (Å²) in [4.78, 5) is -0.110. The number of nitriles is 1. The van der Waals surface area contributed by atoms with Gasteiger partial charge in [0.25, 0.3) is 0 Å². The Morgan fingerprint density at radius 2 is 1.59 bits per heavy atom. The van der Waals surface area contributed by atoms with Crippen LogP contribution in [0.3, 0.4) is 0 Å². The number of allylic oxidation sites excluding steroid dienone is 1. The van der Waals surface area contributed by atoms with Crippen LogP contribution in [0.1, 0.15) is 22.3 Å². The quantitative estimate of drug-likeness (QED) is 0.806. The predicted molar refractivity (Wildman–Crippen MR) is 87.9 cm³/mol. The largest absolute Gasteiger partial charge is 0.218 e. The number of benzene rings is 2. The minimum Gasteiger partial charge on any atom is -0.218 e. The highest BCUT2D eigenvalue weighted by molar-refractivity contribution is 7.95. The third-order valence-electron chi connectivity index (χ3n) is 3.45. The molecule has 0 spiro atoms. The van der Waals surface area contributed by atoms with Crippen LogP contribution in [-0.4, -0.2) is 8.42 Å². The van der Waals surface area contributed by atoms with Crippen LogP contribution in [-0.2, 0) is 9.84 Å². The lowest BCUT2D eigenvalue weighted by Gasteiger charge is -2.06. The van der Waals surface area contributed by atoms with E-state index in [2.05, 4.69) is 0 Å². The van der Waals surface area contributed by atoms with Gasteiger partial charge in [-0.2, -0.15) is 5.26 Å². The molecule has 2 aromatic rings. The fourth-order valence-corrected chi connectivity index (χ4v) is 3.22. The maximum absolute atomic E-state index is 12.6. The second-order valence-electron chi connectivity index (χ2n) is 5.30. The first-order valence-electron chi connectivity index (χ1n) is 6.85. The molecule has 0 aliphatic rings. The highest BCUT2D eigenvalue weighted by Crippen LogP contribution is 2.23. The molecule has 2 aromatic carbocycles. The molecule has 0 aliphatic heterocycles. The lowest BCUT2D eigenvalue weighted by molar-refractivity contribution is 0.603. The summed E-state index contributed by atoms with van der Waals surface area (Å²) >= 11 is 0. The first kappa shape index (κ1) is 16.0. The van der Waals surface area contributed by atoms with Crippen molar-refractivity contribution >= 4 is 15.9 Å². The topological polar surface area (TPSA) is 57.9 Å². The van der Waals surface area contributed by atoms with Gasteiger partial charge in [0.2, 0.25) is 9.84 Å². The van der Waals surface area contributed by atoms with E-state index in [1.165, 1.54) is 18.2 Å². The van der Waals surface area contributed by atoms with Crippen molar-refractivity contribution in [3.05, 3.63) is 69.6 Å². The molecular formula is C18H17NO2S. The van der Waals surface area contributed by atoms with Gasteiger partial charge in [-0.25, -0.2) is 8.42 Å².